The summed E-state index contributed by atoms with van der Waals surface area (Å²) in [6, 6.07) is 18.7. The van der Waals surface area contributed by atoms with E-state index in [1.54, 1.807) is 48.5 Å². The van der Waals surface area contributed by atoms with Crippen molar-refractivity contribution in [2.75, 3.05) is 31.0 Å². The molecule has 16 heteroatoms. The monoisotopic (exact) mass is 848 g/mol. The summed E-state index contributed by atoms with van der Waals surface area (Å²) in [7, 11) is 1.32. The average Bonchev–Trinajstić information content (AvgIpc) is 3.21. The minimum Gasteiger partial charge on any atom is -0.870 e. The molecule has 0 bridgehead atoms. The number of carboxylic acid groups (broad SMARTS) is 1. The van der Waals surface area contributed by atoms with E-state index in [9.17, 15) is 19.2 Å². The summed E-state index contributed by atoms with van der Waals surface area (Å²) >= 11 is 12.8. The molecule has 0 radical (unpaired) electrons. The second-order valence-electron chi connectivity index (χ2n) is 12.4. The van der Waals surface area contributed by atoms with Gasteiger partial charge in [0, 0.05) is 22.5 Å². The maximum atomic E-state index is 12.8. The number of amides is 2. The molecule has 0 spiro atoms. The minimum absolute atomic E-state index is 0. The molecular formula is C43H51Cl2LiN2O11. The molecule has 4 rings (SSSR count). The molecule has 0 aliphatic carbocycles. The number of carbonyl (C=O) groups is 4. The Balaban J connectivity index is 0.000000571. The molecule has 314 valence electrons. The van der Waals surface area contributed by atoms with Gasteiger partial charge in [0.15, 0.2) is 0 Å². The van der Waals surface area contributed by atoms with Crippen LogP contribution in [0.3, 0.4) is 0 Å². The van der Waals surface area contributed by atoms with Crippen LogP contribution in [0.4, 0.5) is 11.4 Å². The topological polar surface area (TPSA) is 189 Å². The van der Waals surface area contributed by atoms with Crippen LogP contribution in [0.2, 0.25) is 10.0 Å². The maximum Gasteiger partial charge on any atom is 1.00 e. The standard InChI is InChI=1S/C22H26ClNO5.C21H24ClNO5.Li.H2O/c1-5-17(6-2)29-19-13-15(12-18(20(19)23)28-7-3)21(25)24-16-10-8-14(9-11-16)22(26)27-4;1-4-16(5-2)28-18-12-14(11-17(19(18)22)27-6-3)20(24)23-15-9-7-13(8-10-15)21(25)26;;/h8-13,17H,5-7H2,1-4H3,(H,24,25);7-12,16H,4-6H2,1-3H3,(H,23,24)(H,25,26);;1H2/q;;+1;/p-1. The zero-order chi connectivity index (χ0) is 42.1. The number of methoxy groups -OCH3 is 1. The van der Waals surface area contributed by atoms with Crippen LogP contribution in [0.25, 0.3) is 0 Å². The molecular weight excluding hydrogens is 798 g/mol. The first-order valence-electron chi connectivity index (χ1n) is 18.7. The normalized spacial score (nSPS) is 10.2. The van der Waals surface area contributed by atoms with E-state index in [0.717, 1.165) is 25.7 Å². The van der Waals surface area contributed by atoms with E-state index in [-0.39, 0.29) is 53.9 Å². The summed E-state index contributed by atoms with van der Waals surface area (Å²) in [4.78, 5) is 47.9. The van der Waals surface area contributed by atoms with Crippen LogP contribution in [-0.4, -0.2) is 66.9 Å². The molecule has 4 aromatic rings. The van der Waals surface area contributed by atoms with Crippen molar-refractivity contribution in [1.82, 2.24) is 0 Å². The third-order valence-corrected chi connectivity index (χ3v) is 9.24. The molecule has 13 nitrogen and oxygen atoms in total. The summed E-state index contributed by atoms with van der Waals surface area (Å²) in [6.45, 7) is 12.6. The molecule has 0 aliphatic heterocycles. The summed E-state index contributed by atoms with van der Waals surface area (Å²) in [5.41, 5.74) is 2.25. The number of anilines is 2. The summed E-state index contributed by atoms with van der Waals surface area (Å²) in [5.74, 6) is -0.615. The molecule has 0 heterocycles. The number of nitrogens with one attached hydrogen (secondary N) is 2. The Morgan fingerprint density at radius 2 is 0.915 bits per heavy atom. The van der Waals surface area contributed by atoms with Gasteiger partial charge in [-0.3, -0.25) is 9.59 Å². The molecule has 59 heavy (non-hydrogen) atoms. The fraction of sp³-hybridized carbons (Fsp3) is 0.349. The van der Waals surface area contributed by atoms with Crippen molar-refractivity contribution >= 4 is 58.3 Å². The summed E-state index contributed by atoms with van der Waals surface area (Å²) in [5, 5.41) is 15.2. The Morgan fingerprint density at radius 1 is 0.576 bits per heavy atom. The SMILES string of the molecule is CCOc1cc(C(=O)Nc2ccc(C(=O)O)cc2)cc(OC(CC)CC)c1Cl.CCOc1cc(C(=O)Nc2ccc(C(=O)OC)cc2)cc(OC(CC)CC)c1Cl.[Li+].[OH-]. The molecule has 2 amide bonds. The maximum absolute atomic E-state index is 12.8. The van der Waals surface area contributed by atoms with E-state index in [4.69, 9.17) is 47.3 Å². The number of rotatable bonds is 18. The molecule has 0 fully saturated rings. The molecule has 0 atom stereocenters. The number of carboxylic acids is 1. The van der Waals surface area contributed by atoms with Gasteiger partial charge >= 0.3 is 30.8 Å². The van der Waals surface area contributed by atoms with Gasteiger partial charge in [-0.1, -0.05) is 50.9 Å². The second-order valence-corrected chi connectivity index (χ2v) is 13.2. The molecule has 4 aromatic carbocycles. The number of halogens is 2. The first-order valence-corrected chi connectivity index (χ1v) is 19.5. The Labute approximate surface area is 367 Å². The van der Waals surface area contributed by atoms with Gasteiger partial charge in [-0.2, -0.15) is 0 Å². The largest absolute Gasteiger partial charge is 1.00 e. The van der Waals surface area contributed by atoms with Gasteiger partial charge in [0.05, 0.1) is 43.7 Å². The molecule has 0 saturated heterocycles. The number of ether oxygens (including phenoxy) is 5. The van der Waals surface area contributed by atoms with Crippen molar-refractivity contribution in [3.05, 3.63) is 105 Å². The van der Waals surface area contributed by atoms with Crippen molar-refractivity contribution in [2.24, 2.45) is 0 Å². The van der Waals surface area contributed by atoms with Gasteiger partial charge in [-0.05, 0) is 112 Å². The van der Waals surface area contributed by atoms with Crippen molar-refractivity contribution in [1.29, 1.82) is 0 Å². The molecule has 0 aliphatic rings. The van der Waals surface area contributed by atoms with E-state index >= 15 is 0 Å². The summed E-state index contributed by atoms with van der Waals surface area (Å²) < 4.78 is 27.7. The zero-order valence-electron chi connectivity index (χ0n) is 34.7. The Kier molecular flexibility index (Phi) is 23.2. The first kappa shape index (κ1) is 52.1. The Hall–Kier alpha value is -4.90. The smallest absolute Gasteiger partial charge is 0.870 e. The number of aromatic carboxylic acids is 1. The van der Waals surface area contributed by atoms with Crippen LogP contribution in [0.15, 0.2) is 72.8 Å². The van der Waals surface area contributed by atoms with Gasteiger partial charge in [0.25, 0.3) is 11.8 Å². The van der Waals surface area contributed by atoms with E-state index in [1.165, 1.54) is 31.4 Å². The predicted octanol–water partition coefficient (Wildman–Crippen LogP) is 7.43. The molecule has 0 unspecified atom stereocenters. The third kappa shape index (κ3) is 15.3. The number of benzene rings is 4. The van der Waals surface area contributed by atoms with Crippen molar-refractivity contribution in [3.8, 4) is 23.0 Å². The quantitative estimate of drug-likeness (QED) is 0.0667. The second kappa shape index (κ2) is 26.2. The predicted molar refractivity (Wildman–Crippen MR) is 224 cm³/mol. The van der Waals surface area contributed by atoms with Crippen LogP contribution in [0, 0.1) is 0 Å². The van der Waals surface area contributed by atoms with E-state index in [2.05, 4.69) is 15.4 Å². The van der Waals surface area contributed by atoms with Crippen molar-refractivity contribution < 1.29 is 72.3 Å². The van der Waals surface area contributed by atoms with Crippen LogP contribution in [0.1, 0.15) is 109 Å². The van der Waals surface area contributed by atoms with Crippen LogP contribution < -0.4 is 48.4 Å². The average molecular weight is 850 g/mol. The fourth-order valence-corrected chi connectivity index (χ4v) is 5.70. The zero-order valence-corrected chi connectivity index (χ0v) is 36.2. The van der Waals surface area contributed by atoms with Crippen LogP contribution >= 0.6 is 23.2 Å². The number of hydrogen-bond donors (Lipinski definition) is 3. The van der Waals surface area contributed by atoms with Crippen molar-refractivity contribution in [2.45, 2.75) is 79.4 Å². The van der Waals surface area contributed by atoms with Crippen LogP contribution in [-0.2, 0) is 4.74 Å². The third-order valence-electron chi connectivity index (χ3n) is 8.50. The molecule has 0 saturated carbocycles. The van der Waals surface area contributed by atoms with E-state index in [1.807, 2.05) is 41.5 Å². The van der Waals surface area contributed by atoms with E-state index < -0.39 is 11.9 Å². The van der Waals surface area contributed by atoms with Gasteiger partial charge in [-0.15, -0.1) is 0 Å². The first-order chi connectivity index (χ1) is 27.3. The molecule has 0 aromatic heterocycles. The molecule has 4 N–H and O–H groups in total. The Morgan fingerprint density at radius 3 is 1.22 bits per heavy atom. The minimum atomic E-state index is -1.03. The number of hydrogen-bond acceptors (Lipinski definition) is 10. The number of esters is 1. The number of carbonyl (C=O) groups excluding carboxylic acids is 3. The van der Waals surface area contributed by atoms with Gasteiger partial charge < -0.3 is 44.9 Å². The van der Waals surface area contributed by atoms with Crippen LogP contribution in [0.5, 0.6) is 23.0 Å². The van der Waals surface area contributed by atoms with Crippen molar-refractivity contribution in [3.63, 3.8) is 0 Å². The van der Waals surface area contributed by atoms with Gasteiger partial charge in [-0.25, -0.2) is 9.59 Å². The van der Waals surface area contributed by atoms with E-state index in [0.29, 0.717) is 74.3 Å². The van der Waals surface area contributed by atoms with Gasteiger partial charge in [0.2, 0.25) is 0 Å². The summed E-state index contributed by atoms with van der Waals surface area (Å²) in [6.07, 6.45) is 3.23. The van der Waals surface area contributed by atoms with Gasteiger partial charge in [0.1, 0.15) is 33.0 Å². The Bertz CT molecular complexity index is 1970. The fourth-order valence-electron chi connectivity index (χ4n) is 5.28.